The number of thiocarbonyl (C=S) groups is 1. The van der Waals surface area contributed by atoms with Crippen molar-refractivity contribution < 1.29 is 9.47 Å². The summed E-state index contributed by atoms with van der Waals surface area (Å²) in [5, 5.41) is 4.42. The summed E-state index contributed by atoms with van der Waals surface area (Å²) in [4.78, 5) is 2.42. The number of hydrogen-bond donors (Lipinski definition) is 1. The summed E-state index contributed by atoms with van der Waals surface area (Å²) in [5.41, 5.74) is 1.54. The summed E-state index contributed by atoms with van der Waals surface area (Å²) < 4.78 is 10.7. The molecule has 0 saturated heterocycles. The maximum atomic E-state index is 5.79. The lowest BCUT2D eigenvalue weighted by Crippen LogP contribution is -2.61. The summed E-state index contributed by atoms with van der Waals surface area (Å²) >= 11 is 5.79. The molecule has 4 bridgehead atoms. The van der Waals surface area contributed by atoms with E-state index in [1.807, 2.05) is 12.1 Å². The number of rotatable bonds is 6. The van der Waals surface area contributed by atoms with Crippen molar-refractivity contribution in [3.05, 3.63) is 23.8 Å². The van der Waals surface area contributed by atoms with Gasteiger partial charge < -0.3 is 19.7 Å². The van der Waals surface area contributed by atoms with Gasteiger partial charge in [-0.3, -0.25) is 0 Å². The Labute approximate surface area is 168 Å². The van der Waals surface area contributed by atoms with Crippen molar-refractivity contribution in [3.8, 4) is 11.5 Å². The molecule has 1 aromatic rings. The molecule has 0 aromatic heterocycles. The van der Waals surface area contributed by atoms with Crippen LogP contribution in [0, 0.1) is 17.8 Å². The topological polar surface area (TPSA) is 33.7 Å². The SMILES string of the molecule is COc1ccc(CCNC(=S)N(C)C23CC4CC(CC(C4)C2)C3)cc1OC. The quantitative estimate of drug-likeness (QED) is 0.745. The lowest BCUT2D eigenvalue weighted by Gasteiger charge is -2.60. The average molecular weight is 389 g/mol. The minimum atomic E-state index is 0.322. The van der Waals surface area contributed by atoms with Crippen LogP contribution >= 0.6 is 12.2 Å². The Morgan fingerprint density at radius 3 is 2.22 bits per heavy atom. The minimum absolute atomic E-state index is 0.322. The van der Waals surface area contributed by atoms with Crippen LogP contribution in [0.1, 0.15) is 44.1 Å². The molecule has 0 heterocycles. The van der Waals surface area contributed by atoms with Gasteiger partial charge in [-0.05, 0) is 92.6 Å². The van der Waals surface area contributed by atoms with Gasteiger partial charge in [-0.2, -0.15) is 0 Å². The highest BCUT2D eigenvalue weighted by Gasteiger charge is 2.53. The van der Waals surface area contributed by atoms with Crippen molar-refractivity contribution in [2.75, 3.05) is 27.8 Å². The average Bonchev–Trinajstić information content (AvgIpc) is 2.66. The maximum absolute atomic E-state index is 5.79. The summed E-state index contributed by atoms with van der Waals surface area (Å²) in [6.45, 7) is 0.838. The van der Waals surface area contributed by atoms with E-state index in [2.05, 4.69) is 23.3 Å². The first kappa shape index (κ1) is 18.9. The molecule has 1 aromatic carbocycles. The first-order chi connectivity index (χ1) is 13.0. The van der Waals surface area contributed by atoms with Gasteiger partial charge in [0.2, 0.25) is 0 Å². The second-order valence-corrected chi connectivity index (χ2v) is 9.26. The lowest BCUT2D eigenvalue weighted by molar-refractivity contribution is -0.0548. The fourth-order valence-electron chi connectivity index (χ4n) is 6.16. The third-order valence-electron chi connectivity index (χ3n) is 7.16. The summed E-state index contributed by atoms with van der Waals surface area (Å²) in [5.74, 6) is 4.37. The van der Waals surface area contributed by atoms with Crippen molar-refractivity contribution in [2.24, 2.45) is 17.8 Å². The molecule has 4 aliphatic rings. The predicted octanol–water partition coefficient (Wildman–Crippen LogP) is 4.02. The summed E-state index contributed by atoms with van der Waals surface area (Å²) in [6.07, 6.45) is 9.33. The molecule has 0 amide bonds. The van der Waals surface area contributed by atoms with E-state index in [0.717, 1.165) is 47.3 Å². The molecule has 27 heavy (non-hydrogen) atoms. The first-order valence-electron chi connectivity index (χ1n) is 10.3. The second-order valence-electron chi connectivity index (χ2n) is 8.87. The molecule has 0 atom stereocenters. The molecule has 0 aliphatic heterocycles. The van der Waals surface area contributed by atoms with Crippen LogP contribution in [0.25, 0.3) is 0 Å². The van der Waals surface area contributed by atoms with Crippen molar-refractivity contribution in [1.82, 2.24) is 10.2 Å². The zero-order valence-electron chi connectivity index (χ0n) is 16.8. The van der Waals surface area contributed by atoms with Crippen LogP contribution in [-0.4, -0.2) is 43.4 Å². The minimum Gasteiger partial charge on any atom is -0.493 e. The van der Waals surface area contributed by atoms with Gasteiger partial charge in [0.05, 0.1) is 14.2 Å². The molecule has 4 aliphatic carbocycles. The number of benzene rings is 1. The van der Waals surface area contributed by atoms with Crippen LogP contribution in [0.5, 0.6) is 11.5 Å². The van der Waals surface area contributed by atoms with Gasteiger partial charge >= 0.3 is 0 Å². The van der Waals surface area contributed by atoms with Crippen LogP contribution < -0.4 is 14.8 Å². The van der Waals surface area contributed by atoms with E-state index >= 15 is 0 Å². The fourth-order valence-corrected chi connectivity index (χ4v) is 6.46. The van der Waals surface area contributed by atoms with E-state index < -0.39 is 0 Å². The van der Waals surface area contributed by atoms with Gasteiger partial charge in [0.15, 0.2) is 16.6 Å². The molecular weight excluding hydrogens is 356 g/mol. The van der Waals surface area contributed by atoms with Crippen LogP contribution in [0.2, 0.25) is 0 Å². The third kappa shape index (κ3) is 3.63. The number of hydrogen-bond acceptors (Lipinski definition) is 3. The largest absolute Gasteiger partial charge is 0.493 e. The van der Waals surface area contributed by atoms with Crippen LogP contribution in [0.3, 0.4) is 0 Å². The Morgan fingerprint density at radius 1 is 1.07 bits per heavy atom. The Hall–Kier alpha value is -1.49. The van der Waals surface area contributed by atoms with Crippen LogP contribution in [0.15, 0.2) is 18.2 Å². The summed E-state index contributed by atoms with van der Waals surface area (Å²) in [6, 6.07) is 6.11. The molecule has 148 valence electrons. The third-order valence-corrected chi connectivity index (χ3v) is 7.58. The zero-order chi connectivity index (χ0) is 19.0. The molecule has 4 fully saturated rings. The Kier molecular flexibility index (Phi) is 5.23. The van der Waals surface area contributed by atoms with E-state index in [1.54, 1.807) is 14.2 Å². The van der Waals surface area contributed by atoms with Crippen molar-refractivity contribution >= 4 is 17.3 Å². The van der Waals surface area contributed by atoms with E-state index in [9.17, 15) is 0 Å². The Morgan fingerprint density at radius 2 is 1.67 bits per heavy atom. The van der Waals surface area contributed by atoms with Gasteiger partial charge in [-0.1, -0.05) is 6.07 Å². The number of nitrogens with zero attached hydrogens (tertiary/aromatic N) is 1. The van der Waals surface area contributed by atoms with Gasteiger partial charge in [-0.25, -0.2) is 0 Å². The molecule has 0 radical (unpaired) electrons. The standard InChI is InChI=1S/C22H32N2O2S/c1-24(22-12-16-8-17(13-22)10-18(9-16)14-22)21(27)23-7-6-15-4-5-19(25-2)20(11-15)26-3/h4-5,11,16-18H,6-10,12-14H2,1-3H3,(H,23,27). The van der Waals surface area contributed by atoms with E-state index in [1.165, 1.54) is 44.1 Å². The first-order valence-corrected chi connectivity index (χ1v) is 10.7. The normalized spacial score (nSPS) is 30.9. The molecule has 1 N–H and O–H groups in total. The monoisotopic (exact) mass is 388 g/mol. The molecule has 5 heteroatoms. The van der Waals surface area contributed by atoms with E-state index in [4.69, 9.17) is 21.7 Å². The summed E-state index contributed by atoms with van der Waals surface area (Å²) in [7, 11) is 5.56. The van der Waals surface area contributed by atoms with Crippen molar-refractivity contribution in [2.45, 2.75) is 50.5 Å². The molecular formula is C22H32N2O2S. The van der Waals surface area contributed by atoms with Crippen LogP contribution in [0.4, 0.5) is 0 Å². The van der Waals surface area contributed by atoms with Crippen LogP contribution in [-0.2, 0) is 6.42 Å². The predicted molar refractivity (Wildman–Crippen MR) is 113 cm³/mol. The second kappa shape index (κ2) is 7.50. The van der Waals surface area contributed by atoms with E-state index in [-0.39, 0.29) is 0 Å². The smallest absolute Gasteiger partial charge is 0.169 e. The van der Waals surface area contributed by atoms with E-state index in [0.29, 0.717) is 5.54 Å². The molecule has 0 spiro atoms. The Balaban J connectivity index is 1.33. The molecule has 4 saturated carbocycles. The van der Waals surface area contributed by atoms with Gasteiger partial charge in [-0.15, -0.1) is 0 Å². The molecule has 0 unspecified atom stereocenters. The zero-order valence-corrected chi connectivity index (χ0v) is 17.6. The number of ether oxygens (including phenoxy) is 2. The van der Waals surface area contributed by atoms with Crippen molar-refractivity contribution in [3.63, 3.8) is 0 Å². The highest BCUT2D eigenvalue weighted by Crippen LogP contribution is 2.57. The van der Waals surface area contributed by atoms with Crippen molar-refractivity contribution in [1.29, 1.82) is 0 Å². The number of methoxy groups -OCH3 is 2. The van der Waals surface area contributed by atoms with Gasteiger partial charge in [0.1, 0.15) is 0 Å². The fraction of sp³-hybridized carbons (Fsp3) is 0.682. The highest BCUT2D eigenvalue weighted by molar-refractivity contribution is 7.80. The maximum Gasteiger partial charge on any atom is 0.169 e. The van der Waals surface area contributed by atoms with Gasteiger partial charge in [0.25, 0.3) is 0 Å². The number of nitrogens with one attached hydrogen (secondary N) is 1. The van der Waals surface area contributed by atoms with Gasteiger partial charge in [0, 0.05) is 19.1 Å². The Bertz CT molecular complexity index is 670. The molecule has 4 nitrogen and oxygen atoms in total. The highest BCUT2D eigenvalue weighted by atomic mass is 32.1. The lowest BCUT2D eigenvalue weighted by atomic mass is 9.52. The molecule has 5 rings (SSSR count).